The second-order valence-corrected chi connectivity index (χ2v) is 2.61. The molecular formula is C8H7NO3S. The Bertz CT molecular complexity index is 351. The molecule has 0 radical (unpaired) electrons. The predicted molar refractivity (Wildman–Crippen MR) is 48.9 cm³/mol. The summed E-state index contributed by atoms with van der Waals surface area (Å²) in [4.78, 5) is 25.5. The molecule has 0 spiro atoms. The van der Waals surface area contributed by atoms with Gasteiger partial charge in [0.05, 0.1) is 7.11 Å². The van der Waals surface area contributed by atoms with Gasteiger partial charge in [0, 0.05) is 0 Å². The predicted octanol–water partition coefficient (Wildman–Crippen LogP) is 0.938. The van der Waals surface area contributed by atoms with Gasteiger partial charge < -0.3 is 4.74 Å². The van der Waals surface area contributed by atoms with Crippen LogP contribution in [-0.4, -0.2) is 23.2 Å². The van der Waals surface area contributed by atoms with E-state index < -0.39 is 11.1 Å². The molecule has 0 bridgehead atoms. The van der Waals surface area contributed by atoms with E-state index in [4.69, 9.17) is 0 Å². The van der Waals surface area contributed by atoms with Crippen LogP contribution in [0.2, 0.25) is 0 Å². The molecule has 0 aromatic carbocycles. The van der Waals surface area contributed by atoms with Crippen LogP contribution >= 0.6 is 12.6 Å². The summed E-state index contributed by atoms with van der Waals surface area (Å²) >= 11 is 3.58. The van der Waals surface area contributed by atoms with Gasteiger partial charge in [-0.3, -0.25) is 4.79 Å². The molecular weight excluding hydrogens is 190 g/mol. The largest absolute Gasteiger partial charge is 0.464 e. The Hall–Kier alpha value is -1.36. The molecule has 0 aliphatic rings. The molecule has 0 unspecified atom stereocenters. The Morgan fingerprint density at radius 2 is 2.00 bits per heavy atom. The molecule has 0 aliphatic heterocycles. The average molecular weight is 197 g/mol. The second kappa shape index (κ2) is 4.04. The molecule has 68 valence electrons. The Morgan fingerprint density at radius 1 is 1.38 bits per heavy atom. The first kappa shape index (κ1) is 9.73. The van der Waals surface area contributed by atoms with Gasteiger partial charge in [-0.25, -0.2) is 9.78 Å². The fourth-order valence-corrected chi connectivity index (χ4v) is 0.897. The van der Waals surface area contributed by atoms with Crippen molar-refractivity contribution in [3.05, 3.63) is 29.6 Å². The summed E-state index contributed by atoms with van der Waals surface area (Å²) in [6.07, 6.45) is 0. The summed E-state index contributed by atoms with van der Waals surface area (Å²) in [5.41, 5.74) is 0.230. The minimum atomic E-state index is -0.573. The van der Waals surface area contributed by atoms with Gasteiger partial charge in [-0.05, 0) is 12.1 Å². The average Bonchev–Trinajstić information content (AvgIpc) is 2.17. The first-order valence-electron chi connectivity index (χ1n) is 3.44. The third-order valence-electron chi connectivity index (χ3n) is 1.36. The molecule has 0 aliphatic carbocycles. The highest BCUT2D eigenvalue weighted by Gasteiger charge is 2.09. The number of aromatic nitrogens is 1. The van der Waals surface area contributed by atoms with E-state index in [0.717, 1.165) is 0 Å². The highest BCUT2D eigenvalue weighted by Crippen LogP contribution is 2.03. The summed E-state index contributed by atoms with van der Waals surface area (Å²) in [6.45, 7) is 0. The number of methoxy groups -OCH3 is 1. The molecule has 1 aromatic rings. The van der Waals surface area contributed by atoms with Crippen LogP contribution in [0.25, 0.3) is 0 Å². The van der Waals surface area contributed by atoms with Crippen LogP contribution in [0.5, 0.6) is 0 Å². The maximum Gasteiger partial charge on any atom is 0.356 e. The van der Waals surface area contributed by atoms with E-state index >= 15 is 0 Å². The maximum atomic E-state index is 11.0. The van der Waals surface area contributed by atoms with Crippen LogP contribution < -0.4 is 0 Å². The topological polar surface area (TPSA) is 56.3 Å². The second-order valence-electron chi connectivity index (χ2n) is 2.20. The van der Waals surface area contributed by atoms with Gasteiger partial charge >= 0.3 is 5.97 Å². The van der Waals surface area contributed by atoms with Gasteiger partial charge in [0.1, 0.15) is 11.4 Å². The first-order valence-corrected chi connectivity index (χ1v) is 3.88. The molecule has 5 heteroatoms. The zero-order chi connectivity index (χ0) is 9.84. The molecule has 0 fully saturated rings. The summed E-state index contributed by atoms with van der Waals surface area (Å²) in [5, 5.41) is -0.481. The first-order chi connectivity index (χ1) is 6.15. The van der Waals surface area contributed by atoms with E-state index in [-0.39, 0.29) is 11.4 Å². The Labute approximate surface area is 80.3 Å². The van der Waals surface area contributed by atoms with Crippen LogP contribution in [-0.2, 0) is 4.74 Å². The molecule has 1 heterocycles. The maximum absolute atomic E-state index is 11.0. The molecule has 0 N–H and O–H groups in total. The number of hydrogen-bond acceptors (Lipinski definition) is 4. The van der Waals surface area contributed by atoms with E-state index in [0.29, 0.717) is 0 Å². The smallest absolute Gasteiger partial charge is 0.356 e. The Balaban J connectivity index is 3.05. The van der Waals surface area contributed by atoms with Gasteiger partial charge in [0.25, 0.3) is 0 Å². The standard InChI is InChI=1S/C8H7NO3S/c1-12-7(10)5-3-2-4-6(9-5)8(11)13/h2-4H,1H3,(H,11,13). The molecule has 13 heavy (non-hydrogen) atoms. The van der Waals surface area contributed by atoms with E-state index in [1.54, 1.807) is 6.07 Å². The quantitative estimate of drug-likeness (QED) is 0.566. The van der Waals surface area contributed by atoms with E-state index in [9.17, 15) is 9.59 Å². The zero-order valence-corrected chi connectivity index (χ0v) is 7.75. The molecule has 4 nitrogen and oxygen atoms in total. The van der Waals surface area contributed by atoms with Crippen LogP contribution in [0.1, 0.15) is 21.0 Å². The molecule has 0 saturated carbocycles. The van der Waals surface area contributed by atoms with Gasteiger partial charge in [-0.2, -0.15) is 0 Å². The highest BCUT2D eigenvalue weighted by atomic mass is 32.1. The van der Waals surface area contributed by atoms with Crippen LogP contribution in [0.3, 0.4) is 0 Å². The number of esters is 1. The van der Waals surface area contributed by atoms with Gasteiger partial charge in [0.2, 0.25) is 5.12 Å². The van der Waals surface area contributed by atoms with Gasteiger partial charge in [0.15, 0.2) is 0 Å². The minimum absolute atomic E-state index is 0.0994. The van der Waals surface area contributed by atoms with Crippen molar-refractivity contribution in [1.82, 2.24) is 4.98 Å². The summed E-state index contributed by atoms with van der Waals surface area (Å²) in [5.74, 6) is -0.573. The van der Waals surface area contributed by atoms with Crippen molar-refractivity contribution < 1.29 is 14.3 Å². The summed E-state index contributed by atoms with van der Waals surface area (Å²) in [6, 6.07) is 4.48. The van der Waals surface area contributed by atoms with Crippen molar-refractivity contribution in [3.8, 4) is 0 Å². The van der Waals surface area contributed by atoms with Crippen molar-refractivity contribution in [2.45, 2.75) is 0 Å². The molecule has 1 aromatic heterocycles. The van der Waals surface area contributed by atoms with Crippen LogP contribution in [0, 0.1) is 0 Å². The Morgan fingerprint density at radius 3 is 2.54 bits per heavy atom. The number of thiol groups is 1. The number of rotatable bonds is 2. The lowest BCUT2D eigenvalue weighted by Gasteiger charge is -1.98. The molecule has 0 atom stereocenters. The zero-order valence-electron chi connectivity index (χ0n) is 6.85. The fraction of sp³-hybridized carbons (Fsp3) is 0.125. The fourth-order valence-electron chi connectivity index (χ4n) is 0.772. The van der Waals surface area contributed by atoms with Crippen LogP contribution in [0.4, 0.5) is 0 Å². The number of hydrogen-bond donors (Lipinski definition) is 1. The number of carbonyl (C=O) groups is 2. The van der Waals surface area contributed by atoms with Crippen molar-refractivity contribution >= 4 is 23.7 Å². The van der Waals surface area contributed by atoms with Crippen molar-refractivity contribution in [3.63, 3.8) is 0 Å². The SMILES string of the molecule is COC(=O)c1cccc(C(=O)S)n1. The third-order valence-corrected chi connectivity index (χ3v) is 1.59. The summed E-state index contributed by atoms with van der Waals surface area (Å²) in [7, 11) is 1.25. The molecule has 1 rings (SSSR count). The van der Waals surface area contributed by atoms with E-state index in [1.165, 1.54) is 19.2 Å². The lowest BCUT2D eigenvalue weighted by molar-refractivity contribution is 0.0594. The lowest BCUT2D eigenvalue weighted by atomic mass is 10.3. The van der Waals surface area contributed by atoms with Crippen molar-refractivity contribution in [2.75, 3.05) is 7.11 Å². The number of ether oxygens (including phenoxy) is 1. The van der Waals surface area contributed by atoms with Gasteiger partial charge in [-0.1, -0.05) is 18.7 Å². The molecule has 0 amide bonds. The van der Waals surface area contributed by atoms with Crippen molar-refractivity contribution in [2.24, 2.45) is 0 Å². The highest BCUT2D eigenvalue weighted by molar-refractivity contribution is 7.97. The van der Waals surface area contributed by atoms with Crippen molar-refractivity contribution in [1.29, 1.82) is 0 Å². The summed E-state index contributed by atoms with van der Waals surface area (Å²) < 4.78 is 4.43. The Kier molecular flexibility index (Phi) is 3.02. The van der Waals surface area contributed by atoms with Gasteiger partial charge in [-0.15, -0.1) is 0 Å². The minimum Gasteiger partial charge on any atom is -0.464 e. The van der Waals surface area contributed by atoms with E-state index in [1.807, 2.05) is 0 Å². The molecule has 0 saturated heterocycles. The third kappa shape index (κ3) is 2.29. The monoisotopic (exact) mass is 197 g/mol. The normalized spacial score (nSPS) is 9.38. The number of nitrogens with zero attached hydrogens (tertiary/aromatic N) is 1. The van der Waals surface area contributed by atoms with Crippen LogP contribution in [0.15, 0.2) is 18.2 Å². The number of carbonyl (C=O) groups excluding carboxylic acids is 2. The lowest BCUT2D eigenvalue weighted by Crippen LogP contribution is -2.06. The van der Waals surface area contributed by atoms with E-state index in [2.05, 4.69) is 22.3 Å². The number of pyridine rings is 1.